The first-order chi connectivity index (χ1) is 12.4. The zero-order valence-electron chi connectivity index (χ0n) is 18.0. The Morgan fingerprint density at radius 2 is 1.81 bits per heavy atom. The zero-order chi connectivity index (χ0) is 19.0. The predicted molar refractivity (Wildman–Crippen MR) is 113 cm³/mol. The lowest BCUT2D eigenvalue weighted by Gasteiger charge is -2.41. The third-order valence-corrected chi connectivity index (χ3v) is 5.91. The summed E-state index contributed by atoms with van der Waals surface area (Å²) in [5, 5.41) is 7.16. The quantitative estimate of drug-likeness (QED) is 0.538. The summed E-state index contributed by atoms with van der Waals surface area (Å²) >= 11 is 0. The highest BCUT2D eigenvalue weighted by molar-refractivity contribution is 5.79. The van der Waals surface area contributed by atoms with Crippen molar-refractivity contribution in [1.29, 1.82) is 0 Å². The van der Waals surface area contributed by atoms with Crippen LogP contribution < -0.4 is 10.6 Å². The summed E-state index contributed by atoms with van der Waals surface area (Å²) in [7, 11) is 1.88. The fraction of sp³-hybridized carbons (Fsp3) is 0.952. The zero-order valence-corrected chi connectivity index (χ0v) is 18.0. The summed E-state index contributed by atoms with van der Waals surface area (Å²) in [6, 6.07) is 0. The van der Waals surface area contributed by atoms with Gasteiger partial charge in [0.1, 0.15) is 0 Å². The molecule has 0 aliphatic carbocycles. The molecule has 2 saturated heterocycles. The largest absolute Gasteiger partial charge is 0.356 e. The van der Waals surface area contributed by atoms with E-state index in [0.717, 1.165) is 30.9 Å². The van der Waals surface area contributed by atoms with E-state index in [4.69, 9.17) is 0 Å². The fourth-order valence-corrected chi connectivity index (χ4v) is 4.37. The Kier molecular flexibility index (Phi) is 8.68. The lowest BCUT2D eigenvalue weighted by Crippen LogP contribution is -2.55. The Morgan fingerprint density at radius 3 is 2.46 bits per heavy atom. The van der Waals surface area contributed by atoms with Crippen LogP contribution in [0.1, 0.15) is 59.8 Å². The van der Waals surface area contributed by atoms with Crippen LogP contribution in [0.5, 0.6) is 0 Å². The molecule has 2 heterocycles. The van der Waals surface area contributed by atoms with Crippen molar-refractivity contribution in [1.82, 2.24) is 20.4 Å². The minimum absolute atomic E-state index is 0.178. The van der Waals surface area contributed by atoms with Crippen LogP contribution in [0, 0.1) is 11.8 Å². The van der Waals surface area contributed by atoms with Crippen LogP contribution in [0.3, 0.4) is 0 Å². The Morgan fingerprint density at radius 1 is 1.08 bits per heavy atom. The first-order valence-electron chi connectivity index (χ1n) is 10.8. The molecule has 152 valence electrons. The molecule has 0 radical (unpaired) electrons. The monoisotopic (exact) mass is 365 g/mol. The minimum Gasteiger partial charge on any atom is -0.356 e. The lowest BCUT2D eigenvalue weighted by atomic mass is 9.97. The number of piperidine rings is 2. The summed E-state index contributed by atoms with van der Waals surface area (Å²) in [4.78, 5) is 9.71. The van der Waals surface area contributed by atoms with Gasteiger partial charge in [-0.1, -0.05) is 20.3 Å². The van der Waals surface area contributed by atoms with E-state index in [1.807, 2.05) is 7.05 Å². The van der Waals surface area contributed by atoms with E-state index in [-0.39, 0.29) is 5.54 Å². The highest BCUT2D eigenvalue weighted by atomic mass is 15.2. The van der Waals surface area contributed by atoms with E-state index in [9.17, 15) is 0 Å². The number of nitrogens with zero attached hydrogens (tertiary/aromatic N) is 3. The van der Waals surface area contributed by atoms with Gasteiger partial charge in [-0.05, 0) is 71.0 Å². The van der Waals surface area contributed by atoms with E-state index >= 15 is 0 Å². The van der Waals surface area contributed by atoms with E-state index < -0.39 is 0 Å². The Hall–Kier alpha value is -0.810. The maximum atomic E-state index is 4.45. The van der Waals surface area contributed by atoms with Gasteiger partial charge in [-0.3, -0.25) is 9.89 Å². The molecular weight excluding hydrogens is 322 g/mol. The molecule has 0 aromatic heterocycles. The Balaban J connectivity index is 1.73. The lowest BCUT2D eigenvalue weighted by molar-refractivity contribution is 0.0981. The molecule has 2 N–H and O–H groups in total. The SMILES string of the molecule is CN=C(NCC1CCCN(CC(C)C)C1)NCC(C)(C)N1CCCCC1. The molecule has 0 spiro atoms. The Bertz CT molecular complexity index is 426. The predicted octanol–water partition coefficient (Wildman–Crippen LogP) is 2.78. The maximum absolute atomic E-state index is 4.45. The fourth-order valence-electron chi connectivity index (χ4n) is 4.37. The number of likely N-dealkylation sites (tertiary alicyclic amines) is 2. The van der Waals surface area contributed by atoms with Gasteiger partial charge < -0.3 is 15.5 Å². The van der Waals surface area contributed by atoms with Crippen molar-refractivity contribution in [3.05, 3.63) is 0 Å². The third-order valence-electron chi connectivity index (χ3n) is 5.91. The summed E-state index contributed by atoms with van der Waals surface area (Å²) in [6.07, 6.45) is 6.72. The number of nitrogens with one attached hydrogen (secondary N) is 2. The molecule has 0 amide bonds. The van der Waals surface area contributed by atoms with Gasteiger partial charge >= 0.3 is 0 Å². The molecule has 1 unspecified atom stereocenters. The summed E-state index contributed by atoms with van der Waals surface area (Å²) in [5.41, 5.74) is 0.178. The third kappa shape index (κ3) is 7.07. The molecule has 0 aromatic rings. The molecule has 5 nitrogen and oxygen atoms in total. The average Bonchev–Trinajstić information content (AvgIpc) is 2.62. The van der Waals surface area contributed by atoms with Crippen molar-refractivity contribution < 1.29 is 0 Å². The molecule has 0 aromatic carbocycles. The van der Waals surface area contributed by atoms with Crippen LogP contribution in [0.2, 0.25) is 0 Å². The normalized spacial score (nSPS) is 24.1. The molecular formula is C21H43N5. The van der Waals surface area contributed by atoms with Crippen molar-refractivity contribution in [2.75, 3.05) is 52.9 Å². The van der Waals surface area contributed by atoms with Crippen molar-refractivity contribution in [3.8, 4) is 0 Å². The van der Waals surface area contributed by atoms with Gasteiger partial charge in [0.15, 0.2) is 5.96 Å². The van der Waals surface area contributed by atoms with Crippen LogP contribution in [0.25, 0.3) is 0 Å². The van der Waals surface area contributed by atoms with Crippen molar-refractivity contribution in [2.45, 2.75) is 65.3 Å². The van der Waals surface area contributed by atoms with Crippen LogP contribution >= 0.6 is 0 Å². The van der Waals surface area contributed by atoms with Gasteiger partial charge in [0.05, 0.1) is 0 Å². The smallest absolute Gasteiger partial charge is 0.191 e. The van der Waals surface area contributed by atoms with Crippen LogP contribution in [0.15, 0.2) is 4.99 Å². The van der Waals surface area contributed by atoms with Gasteiger partial charge in [-0.15, -0.1) is 0 Å². The molecule has 0 saturated carbocycles. The molecule has 2 aliphatic rings. The maximum Gasteiger partial charge on any atom is 0.191 e. The number of aliphatic imine (C=N–C) groups is 1. The average molecular weight is 366 g/mol. The van der Waals surface area contributed by atoms with Crippen molar-refractivity contribution in [3.63, 3.8) is 0 Å². The summed E-state index contributed by atoms with van der Waals surface area (Å²) < 4.78 is 0. The molecule has 1 atom stereocenters. The molecule has 2 rings (SSSR count). The second-order valence-corrected chi connectivity index (χ2v) is 9.33. The van der Waals surface area contributed by atoms with E-state index in [0.29, 0.717) is 0 Å². The van der Waals surface area contributed by atoms with Gasteiger partial charge in [-0.25, -0.2) is 0 Å². The van der Waals surface area contributed by atoms with E-state index in [1.54, 1.807) is 0 Å². The van der Waals surface area contributed by atoms with Crippen LogP contribution in [0.4, 0.5) is 0 Å². The van der Waals surface area contributed by atoms with Gasteiger partial charge in [0.2, 0.25) is 0 Å². The van der Waals surface area contributed by atoms with E-state index in [2.05, 4.69) is 53.1 Å². The standard InChI is InChI=1S/C21H43N5/c1-18(2)15-25-11-9-10-19(16-25)14-23-20(22-5)24-17-21(3,4)26-12-7-6-8-13-26/h18-19H,6-17H2,1-5H3,(H2,22,23,24). The molecule has 5 heteroatoms. The van der Waals surface area contributed by atoms with Gasteiger partial charge in [-0.2, -0.15) is 0 Å². The van der Waals surface area contributed by atoms with Gasteiger partial charge in [0, 0.05) is 38.8 Å². The van der Waals surface area contributed by atoms with E-state index in [1.165, 1.54) is 64.8 Å². The second-order valence-electron chi connectivity index (χ2n) is 9.33. The molecule has 26 heavy (non-hydrogen) atoms. The number of hydrogen-bond acceptors (Lipinski definition) is 3. The number of rotatable bonds is 7. The molecule has 2 aliphatic heterocycles. The van der Waals surface area contributed by atoms with Gasteiger partial charge in [0.25, 0.3) is 0 Å². The minimum atomic E-state index is 0.178. The Labute approximate surface area is 162 Å². The summed E-state index contributed by atoms with van der Waals surface area (Å²) in [5.74, 6) is 2.44. The topological polar surface area (TPSA) is 42.9 Å². The highest BCUT2D eigenvalue weighted by Crippen LogP contribution is 2.20. The molecule has 0 bridgehead atoms. The summed E-state index contributed by atoms with van der Waals surface area (Å²) in [6.45, 7) is 17.5. The van der Waals surface area contributed by atoms with Crippen LogP contribution in [-0.2, 0) is 0 Å². The van der Waals surface area contributed by atoms with Crippen molar-refractivity contribution >= 4 is 5.96 Å². The second kappa shape index (κ2) is 10.5. The molecule has 2 fully saturated rings. The van der Waals surface area contributed by atoms with Crippen LogP contribution in [-0.4, -0.2) is 74.2 Å². The number of hydrogen-bond donors (Lipinski definition) is 2. The first kappa shape index (κ1) is 21.5. The van der Waals surface area contributed by atoms with Crippen molar-refractivity contribution in [2.24, 2.45) is 16.8 Å². The first-order valence-corrected chi connectivity index (χ1v) is 10.8. The highest BCUT2D eigenvalue weighted by Gasteiger charge is 2.28. The number of guanidine groups is 1.